The first-order valence-corrected chi connectivity index (χ1v) is 6.70. The van der Waals surface area contributed by atoms with E-state index in [4.69, 9.17) is 5.11 Å². The SMILES string of the molecule is CC(CC(=O)c1ccc(-c2ccc(F)c(F)c2)cc1)C(=O)O. The second kappa shape index (κ2) is 6.47. The molecule has 2 aromatic rings. The first-order valence-electron chi connectivity index (χ1n) is 6.70. The highest BCUT2D eigenvalue weighted by molar-refractivity contribution is 5.98. The van der Waals surface area contributed by atoms with Crippen LogP contribution in [0.3, 0.4) is 0 Å². The summed E-state index contributed by atoms with van der Waals surface area (Å²) in [7, 11) is 0. The molecule has 0 spiro atoms. The number of carboxylic acids is 1. The van der Waals surface area contributed by atoms with Crippen LogP contribution in [0.2, 0.25) is 0 Å². The van der Waals surface area contributed by atoms with E-state index in [-0.39, 0.29) is 12.2 Å². The third-order valence-corrected chi connectivity index (χ3v) is 3.37. The van der Waals surface area contributed by atoms with Crippen molar-refractivity contribution in [2.75, 3.05) is 0 Å². The predicted octanol–water partition coefficient (Wildman–Crippen LogP) is 3.93. The summed E-state index contributed by atoms with van der Waals surface area (Å²) in [6.07, 6.45) is -0.0835. The largest absolute Gasteiger partial charge is 0.481 e. The lowest BCUT2D eigenvalue weighted by Gasteiger charge is -2.07. The molecule has 0 heterocycles. The van der Waals surface area contributed by atoms with Crippen LogP contribution >= 0.6 is 0 Å². The van der Waals surface area contributed by atoms with Gasteiger partial charge < -0.3 is 5.11 Å². The second-order valence-electron chi connectivity index (χ2n) is 5.07. The summed E-state index contributed by atoms with van der Waals surface area (Å²) < 4.78 is 26.1. The molecule has 0 aliphatic heterocycles. The van der Waals surface area contributed by atoms with Gasteiger partial charge in [0.25, 0.3) is 0 Å². The lowest BCUT2D eigenvalue weighted by molar-refractivity contribution is -0.141. The van der Waals surface area contributed by atoms with Gasteiger partial charge in [0.05, 0.1) is 5.92 Å². The summed E-state index contributed by atoms with van der Waals surface area (Å²) in [4.78, 5) is 22.7. The number of carbonyl (C=O) groups excluding carboxylic acids is 1. The van der Waals surface area contributed by atoms with Crippen LogP contribution in [0.5, 0.6) is 0 Å². The summed E-state index contributed by atoms with van der Waals surface area (Å²) in [5.41, 5.74) is 1.53. The average molecular weight is 304 g/mol. The van der Waals surface area contributed by atoms with Crippen LogP contribution in [-0.2, 0) is 4.79 Å². The number of ketones is 1. The fourth-order valence-corrected chi connectivity index (χ4v) is 2.01. The average Bonchev–Trinajstić information content (AvgIpc) is 2.50. The van der Waals surface area contributed by atoms with Crippen LogP contribution in [0.25, 0.3) is 11.1 Å². The van der Waals surface area contributed by atoms with Crippen molar-refractivity contribution in [1.29, 1.82) is 0 Å². The number of hydrogen-bond donors (Lipinski definition) is 1. The van der Waals surface area contributed by atoms with Gasteiger partial charge in [0.2, 0.25) is 0 Å². The minimum Gasteiger partial charge on any atom is -0.481 e. The third kappa shape index (κ3) is 3.55. The van der Waals surface area contributed by atoms with E-state index in [2.05, 4.69) is 0 Å². The molecule has 1 atom stereocenters. The number of rotatable bonds is 5. The molecule has 1 unspecified atom stereocenters. The van der Waals surface area contributed by atoms with E-state index >= 15 is 0 Å². The Labute approximate surface area is 126 Å². The minimum absolute atomic E-state index is 0.0835. The molecule has 0 aromatic heterocycles. The van der Waals surface area contributed by atoms with Gasteiger partial charge in [-0.1, -0.05) is 37.3 Å². The Morgan fingerprint density at radius 1 is 1.00 bits per heavy atom. The Hall–Kier alpha value is -2.56. The molecule has 0 bridgehead atoms. The van der Waals surface area contributed by atoms with Crippen molar-refractivity contribution in [3.8, 4) is 11.1 Å². The van der Waals surface area contributed by atoms with Gasteiger partial charge in [-0.05, 0) is 23.3 Å². The van der Waals surface area contributed by atoms with Gasteiger partial charge in [-0.15, -0.1) is 0 Å². The summed E-state index contributed by atoms with van der Waals surface area (Å²) in [6, 6.07) is 9.90. The topological polar surface area (TPSA) is 54.4 Å². The number of Topliss-reactive ketones (excluding diaryl/α,β-unsaturated/α-hetero) is 1. The van der Waals surface area contributed by atoms with Crippen LogP contribution in [-0.4, -0.2) is 16.9 Å². The van der Waals surface area contributed by atoms with E-state index in [0.717, 1.165) is 12.1 Å². The second-order valence-corrected chi connectivity index (χ2v) is 5.07. The number of aliphatic carboxylic acids is 1. The van der Waals surface area contributed by atoms with Crippen molar-refractivity contribution in [1.82, 2.24) is 0 Å². The zero-order valence-electron chi connectivity index (χ0n) is 11.8. The van der Waals surface area contributed by atoms with Gasteiger partial charge in [0.1, 0.15) is 0 Å². The maximum atomic E-state index is 13.2. The highest BCUT2D eigenvalue weighted by Crippen LogP contribution is 2.22. The van der Waals surface area contributed by atoms with Crippen LogP contribution in [0, 0.1) is 17.6 Å². The van der Waals surface area contributed by atoms with Crippen LogP contribution in [0.15, 0.2) is 42.5 Å². The molecule has 0 saturated carbocycles. The Balaban J connectivity index is 2.18. The summed E-state index contributed by atoms with van der Waals surface area (Å²) in [6.45, 7) is 1.47. The van der Waals surface area contributed by atoms with Gasteiger partial charge in [0, 0.05) is 12.0 Å². The van der Waals surface area contributed by atoms with E-state index in [1.54, 1.807) is 24.3 Å². The lowest BCUT2D eigenvalue weighted by Crippen LogP contribution is -2.14. The lowest BCUT2D eigenvalue weighted by atomic mass is 9.97. The fraction of sp³-hybridized carbons (Fsp3) is 0.176. The number of carbonyl (C=O) groups is 2. The maximum Gasteiger partial charge on any atom is 0.306 e. The number of halogens is 2. The molecule has 22 heavy (non-hydrogen) atoms. The van der Waals surface area contributed by atoms with Gasteiger partial charge in [-0.25, -0.2) is 8.78 Å². The first-order chi connectivity index (χ1) is 10.4. The Morgan fingerprint density at radius 2 is 1.59 bits per heavy atom. The summed E-state index contributed by atoms with van der Waals surface area (Å²) in [5.74, 6) is -3.90. The van der Waals surface area contributed by atoms with Crippen LogP contribution < -0.4 is 0 Å². The maximum absolute atomic E-state index is 13.2. The van der Waals surface area contributed by atoms with Crippen molar-refractivity contribution < 1.29 is 23.5 Å². The molecule has 0 saturated heterocycles. The predicted molar refractivity (Wildman–Crippen MR) is 77.5 cm³/mol. The van der Waals surface area contributed by atoms with Crippen molar-refractivity contribution in [2.45, 2.75) is 13.3 Å². The molecule has 0 radical (unpaired) electrons. The molecule has 1 N–H and O–H groups in total. The highest BCUT2D eigenvalue weighted by Gasteiger charge is 2.17. The van der Waals surface area contributed by atoms with Gasteiger partial charge in [-0.3, -0.25) is 9.59 Å². The monoisotopic (exact) mass is 304 g/mol. The molecule has 0 amide bonds. The molecular formula is C17H14F2O3. The van der Waals surface area contributed by atoms with E-state index in [1.165, 1.54) is 13.0 Å². The number of hydrogen-bond acceptors (Lipinski definition) is 2. The summed E-state index contributed by atoms with van der Waals surface area (Å²) >= 11 is 0. The zero-order chi connectivity index (χ0) is 16.3. The molecule has 0 fully saturated rings. The zero-order valence-corrected chi connectivity index (χ0v) is 11.8. The van der Waals surface area contributed by atoms with Gasteiger partial charge in [0.15, 0.2) is 17.4 Å². The van der Waals surface area contributed by atoms with Crippen molar-refractivity contribution in [2.24, 2.45) is 5.92 Å². The van der Waals surface area contributed by atoms with E-state index < -0.39 is 23.5 Å². The number of carboxylic acid groups (broad SMARTS) is 1. The quantitative estimate of drug-likeness (QED) is 0.852. The molecule has 0 aliphatic carbocycles. The Kier molecular flexibility index (Phi) is 4.65. The van der Waals surface area contributed by atoms with Gasteiger partial charge >= 0.3 is 5.97 Å². The Bertz CT molecular complexity index is 708. The standard InChI is InChI=1S/C17H14F2O3/c1-10(17(21)22)8-16(20)12-4-2-11(3-5-12)13-6-7-14(18)15(19)9-13/h2-7,9-10H,8H2,1H3,(H,21,22). The fourth-order valence-electron chi connectivity index (χ4n) is 2.01. The smallest absolute Gasteiger partial charge is 0.306 e. The summed E-state index contributed by atoms with van der Waals surface area (Å²) in [5, 5.41) is 8.80. The van der Waals surface area contributed by atoms with Gasteiger partial charge in [-0.2, -0.15) is 0 Å². The van der Waals surface area contributed by atoms with Crippen molar-refractivity contribution in [3.05, 3.63) is 59.7 Å². The molecule has 2 aromatic carbocycles. The Morgan fingerprint density at radius 3 is 2.14 bits per heavy atom. The first kappa shape index (κ1) is 15.8. The van der Waals surface area contributed by atoms with Crippen LogP contribution in [0.4, 0.5) is 8.78 Å². The molecule has 114 valence electrons. The molecule has 5 heteroatoms. The molecule has 0 aliphatic rings. The molecule has 3 nitrogen and oxygen atoms in total. The highest BCUT2D eigenvalue weighted by atomic mass is 19.2. The van der Waals surface area contributed by atoms with Crippen LogP contribution in [0.1, 0.15) is 23.7 Å². The van der Waals surface area contributed by atoms with Crippen molar-refractivity contribution in [3.63, 3.8) is 0 Å². The van der Waals surface area contributed by atoms with E-state index in [9.17, 15) is 18.4 Å². The normalized spacial score (nSPS) is 12.0. The number of benzene rings is 2. The van der Waals surface area contributed by atoms with E-state index in [1.807, 2.05) is 0 Å². The van der Waals surface area contributed by atoms with Crippen molar-refractivity contribution >= 4 is 11.8 Å². The third-order valence-electron chi connectivity index (χ3n) is 3.37. The minimum atomic E-state index is -1.02. The van der Waals surface area contributed by atoms with E-state index in [0.29, 0.717) is 16.7 Å². The molecule has 2 rings (SSSR count). The molecular weight excluding hydrogens is 290 g/mol.